The van der Waals surface area contributed by atoms with E-state index in [-0.39, 0.29) is 27.6 Å². The molecule has 0 fully saturated rings. The fourth-order valence-electron chi connectivity index (χ4n) is 1.43. The molecule has 0 unspecified atom stereocenters. The second kappa shape index (κ2) is 5.66. The first-order valence-corrected chi connectivity index (χ1v) is 6.19. The number of nitrogen functional groups attached to an aromatic ring is 1. The topological polar surface area (TPSA) is 115 Å². The van der Waals surface area contributed by atoms with E-state index in [9.17, 15) is 10.1 Å². The molecule has 0 saturated carbocycles. The van der Waals surface area contributed by atoms with Gasteiger partial charge in [0, 0.05) is 23.9 Å². The number of nitrogens with zero attached hydrogens (tertiary/aromatic N) is 2. The summed E-state index contributed by atoms with van der Waals surface area (Å²) < 4.78 is 5.70. The Kier molecular flexibility index (Phi) is 3.94. The molecule has 0 atom stereocenters. The number of nitro groups is 1. The van der Waals surface area contributed by atoms with Crippen molar-refractivity contribution in [3.05, 3.63) is 56.7 Å². The van der Waals surface area contributed by atoms with Gasteiger partial charge in [0.05, 0.1) is 4.92 Å². The third-order valence-corrected chi connectivity index (χ3v) is 3.20. The zero-order chi connectivity index (χ0) is 14.7. The average molecular weight is 337 g/mol. The molecule has 102 valence electrons. The molecule has 8 heteroatoms. The van der Waals surface area contributed by atoms with Crippen LogP contribution in [0, 0.1) is 15.5 Å². The van der Waals surface area contributed by atoms with Crippen LogP contribution in [-0.4, -0.2) is 15.7 Å². The first-order chi connectivity index (χ1) is 9.49. The van der Waals surface area contributed by atoms with E-state index in [1.54, 1.807) is 12.1 Å². The molecule has 0 saturated heterocycles. The molecule has 0 spiro atoms. The number of halogens is 1. The Morgan fingerprint density at radius 2 is 2.15 bits per heavy atom. The number of amidine groups is 1. The molecule has 20 heavy (non-hydrogen) atoms. The highest BCUT2D eigenvalue weighted by atomic mass is 79.9. The van der Waals surface area contributed by atoms with Crippen molar-refractivity contribution in [1.82, 2.24) is 4.98 Å². The molecule has 0 aliphatic carbocycles. The standard InChI is InChI=1S/C12H9BrN4O3/c13-11-8(17(18)19)2-1-3-9(11)20-10-5-4-7(6-16-10)12(14)15/h1-6H,(H3,14,15). The maximum atomic E-state index is 10.8. The van der Waals surface area contributed by atoms with Crippen molar-refractivity contribution >= 4 is 27.5 Å². The Hall–Kier alpha value is -2.48. The minimum atomic E-state index is -0.511. The minimum absolute atomic E-state index is 0.0946. The maximum absolute atomic E-state index is 10.8. The van der Waals surface area contributed by atoms with Gasteiger partial charge in [-0.1, -0.05) is 6.07 Å². The lowest BCUT2D eigenvalue weighted by Crippen LogP contribution is -2.11. The molecule has 2 aromatic rings. The van der Waals surface area contributed by atoms with Crippen LogP contribution in [0.4, 0.5) is 5.69 Å². The minimum Gasteiger partial charge on any atom is -0.438 e. The molecular formula is C12H9BrN4O3. The van der Waals surface area contributed by atoms with E-state index in [0.29, 0.717) is 5.56 Å². The third kappa shape index (κ3) is 2.91. The van der Waals surface area contributed by atoms with Crippen molar-refractivity contribution in [3.8, 4) is 11.6 Å². The van der Waals surface area contributed by atoms with Crippen molar-refractivity contribution < 1.29 is 9.66 Å². The second-order valence-corrected chi connectivity index (χ2v) is 4.54. The largest absolute Gasteiger partial charge is 0.438 e. The van der Waals surface area contributed by atoms with E-state index >= 15 is 0 Å². The van der Waals surface area contributed by atoms with Crippen LogP contribution in [0.5, 0.6) is 11.6 Å². The van der Waals surface area contributed by atoms with Gasteiger partial charge in [-0.15, -0.1) is 0 Å². The van der Waals surface area contributed by atoms with Crippen LogP contribution in [0.2, 0.25) is 0 Å². The molecule has 1 aromatic carbocycles. The summed E-state index contributed by atoms with van der Waals surface area (Å²) in [6.45, 7) is 0. The van der Waals surface area contributed by atoms with Crippen molar-refractivity contribution in [1.29, 1.82) is 5.41 Å². The van der Waals surface area contributed by atoms with E-state index in [1.165, 1.54) is 24.4 Å². The molecule has 3 N–H and O–H groups in total. The van der Waals surface area contributed by atoms with E-state index in [2.05, 4.69) is 20.9 Å². The molecule has 1 aromatic heterocycles. The van der Waals surface area contributed by atoms with Gasteiger partial charge in [0.2, 0.25) is 5.88 Å². The molecule has 0 radical (unpaired) electrons. The predicted molar refractivity (Wildman–Crippen MR) is 76.1 cm³/mol. The fraction of sp³-hybridized carbons (Fsp3) is 0. The van der Waals surface area contributed by atoms with Crippen LogP contribution in [0.25, 0.3) is 0 Å². The predicted octanol–water partition coefficient (Wildman–Crippen LogP) is 2.83. The summed E-state index contributed by atoms with van der Waals surface area (Å²) in [4.78, 5) is 14.3. The summed E-state index contributed by atoms with van der Waals surface area (Å²) >= 11 is 3.13. The number of nitro benzene ring substituents is 1. The summed E-state index contributed by atoms with van der Waals surface area (Å²) in [7, 11) is 0. The van der Waals surface area contributed by atoms with Gasteiger partial charge in [-0.05, 0) is 28.1 Å². The summed E-state index contributed by atoms with van der Waals surface area (Å²) in [5.41, 5.74) is 5.69. The highest BCUT2D eigenvalue weighted by molar-refractivity contribution is 9.10. The quantitative estimate of drug-likeness (QED) is 0.385. The van der Waals surface area contributed by atoms with E-state index in [1.807, 2.05) is 0 Å². The van der Waals surface area contributed by atoms with Crippen LogP contribution in [0.15, 0.2) is 41.0 Å². The highest BCUT2D eigenvalue weighted by Crippen LogP contribution is 2.35. The molecule has 7 nitrogen and oxygen atoms in total. The van der Waals surface area contributed by atoms with E-state index in [0.717, 1.165) is 0 Å². The zero-order valence-electron chi connectivity index (χ0n) is 10.0. The van der Waals surface area contributed by atoms with Gasteiger partial charge in [-0.2, -0.15) is 0 Å². The third-order valence-electron chi connectivity index (χ3n) is 2.40. The summed E-state index contributed by atoms with van der Waals surface area (Å²) in [6.07, 6.45) is 1.39. The lowest BCUT2D eigenvalue weighted by atomic mass is 10.2. The van der Waals surface area contributed by atoms with Gasteiger partial charge in [0.1, 0.15) is 10.3 Å². The Balaban J connectivity index is 2.28. The maximum Gasteiger partial charge on any atom is 0.287 e. The van der Waals surface area contributed by atoms with Gasteiger partial charge in [-0.25, -0.2) is 4.98 Å². The fourth-order valence-corrected chi connectivity index (χ4v) is 1.92. The van der Waals surface area contributed by atoms with Gasteiger partial charge in [0.15, 0.2) is 5.75 Å². The van der Waals surface area contributed by atoms with Gasteiger partial charge in [0.25, 0.3) is 5.69 Å². The SMILES string of the molecule is N=C(N)c1ccc(Oc2cccc([N+](=O)[O-])c2Br)nc1. The van der Waals surface area contributed by atoms with Crippen LogP contribution in [0.3, 0.4) is 0 Å². The van der Waals surface area contributed by atoms with Crippen molar-refractivity contribution in [3.63, 3.8) is 0 Å². The number of benzene rings is 1. The van der Waals surface area contributed by atoms with E-state index < -0.39 is 4.92 Å². The lowest BCUT2D eigenvalue weighted by Gasteiger charge is -2.07. The zero-order valence-corrected chi connectivity index (χ0v) is 11.6. The molecule has 1 heterocycles. The number of ether oxygens (including phenoxy) is 1. The Morgan fingerprint density at radius 3 is 2.70 bits per heavy atom. The number of pyridine rings is 1. The summed E-state index contributed by atoms with van der Waals surface area (Å²) in [6, 6.07) is 7.57. The molecule has 0 bridgehead atoms. The number of hydrogen-bond acceptors (Lipinski definition) is 5. The Bertz CT molecular complexity index is 673. The second-order valence-electron chi connectivity index (χ2n) is 3.75. The van der Waals surface area contributed by atoms with Crippen LogP contribution >= 0.6 is 15.9 Å². The number of nitrogens with one attached hydrogen (secondary N) is 1. The Morgan fingerprint density at radius 1 is 1.40 bits per heavy atom. The first-order valence-electron chi connectivity index (χ1n) is 5.40. The number of rotatable bonds is 4. The van der Waals surface area contributed by atoms with Crippen molar-refractivity contribution in [2.24, 2.45) is 5.73 Å². The number of aromatic nitrogens is 1. The van der Waals surface area contributed by atoms with Gasteiger partial charge < -0.3 is 10.5 Å². The molecule has 2 rings (SSSR count). The first kappa shape index (κ1) is 13.9. The normalized spacial score (nSPS) is 10.1. The van der Waals surface area contributed by atoms with Gasteiger partial charge >= 0.3 is 0 Å². The average Bonchev–Trinajstić information content (AvgIpc) is 2.41. The number of nitrogens with two attached hydrogens (primary N) is 1. The lowest BCUT2D eigenvalue weighted by molar-refractivity contribution is -0.385. The van der Waals surface area contributed by atoms with Crippen molar-refractivity contribution in [2.45, 2.75) is 0 Å². The molecule has 0 aliphatic heterocycles. The monoisotopic (exact) mass is 336 g/mol. The van der Waals surface area contributed by atoms with Crippen molar-refractivity contribution in [2.75, 3.05) is 0 Å². The van der Waals surface area contributed by atoms with E-state index in [4.69, 9.17) is 15.9 Å². The van der Waals surface area contributed by atoms with Crippen LogP contribution in [-0.2, 0) is 0 Å². The van der Waals surface area contributed by atoms with Crippen LogP contribution in [0.1, 0.15) is 5.56 Å². The molecule has 0 amide bonds. The highest BCUT2D eigenvalue weighted by Gasteiger charge is 2.16. The summed E-state index contributed by atoms with van der Waals surface area (Å²) in [5, 5.41) is 18.1. The molecular weight excluding hydrogens is 328 g/mol. The smallest absolute Gasteiger partial charge is 0.287 e. The number of hydrogen-bond donors (Lipinski definition) is 2. The molecule has 0 aliphatic rings. The summed E-state index contributed by atoms with van der Waals surface area (Å²) in [5.74, 6) is 0.430. The van der Waals surface area contributed by atoms with Crippen LogP contribution < -0.4 is 10.5 Å². The Labute approximate surface area is 122 Å². The van der Waals surface area contributed by atoms with Gasteiger partial charge in [-0.3, -0.25) is 15.5 Å².